The Morgan fingerprint density at radius 3 is 2.62 bits per heavy atom. The average Bonchev–Trinajstić information content (AvgIpc) is 3.08. The van der Waals surface area contributed by atoms with Gasteiger partial charge in [0.2, 0.25) is 0 Å². The Bertz CT molecular complexity index is 453. The van der Waals surface area contributed by atoms with Crippen molar-refractivity contribution in [1.29, 1.82) is 0 Å². The van der Waals surface area contributed by atoms with Gasteiger partial charge < -0.3 is 10.6 Å². The number of hydrogen-bond donors (Lipinski definition) is 2. The van der Waals surface area contributed by atoms with E-state index in [0.717, 1.165) is 45.6 Å². The summed E-state index contributed by atoms with van der Waals surface area (Å²) in [5, 5.41) is 10.8. The van der Waals surface area contributed by atoms with Crippen LogP contribution in [0.4, 0.5) is 0 Å². The zero-order chi connectivity index (χ0) is 14.5. The summed E-state index contributed by atoms with van der Waals surface area (Å²) in [6, 6.07) is 10.2. The van der Waals surface area contributed by atoms with Crippen LogP contribution < -0.4 is 10.6 Å². The number of nitrogens with one attached hydrogen (secondary N) is 2. The molecule has 2 aliphatic rings. The number of carbonyl (C=O) groups is 1. The SMILES string of the molecule is O=C([C@@H]1CCCN1)N(Cc1ccccc1)N1CCNCC1. The first-order valence-corrected chi connectivity index (χ1v) is 7.89. The van der Waals surface area contributed by atoms with Gasteiger partial charge in [-0.1, -0.05) is 30.3 Å². The van der Waals surface area contributed by atoms with Crippen molar-refractivity contribution in [1.82, 2.24) is 20.7 Å². The monoisotopic (exact) mass is 288 g/mol. The highest BCUT2D eigenvalue weighted by Gasteiger charge is 2.30. The molecule has 0 aromatic heterocycles. The molecular weight excluding hydrogens is 264 g/mol. The van der Waals surface area contributed by atoms with Crippen molar-refractivity contribution in [2.24, 2.45) is 0 Å². The molecule has 1 amide bonds. The summed E-state index contributed by atoms with van der Waals surface area (Å²) in [4.78, 5) is 12.9. The van der Waals surface area contributed by atoms with Crippen LogP contribution in [0.15, 0.2) is 30.3 Å². The second kappa shape index (κ2) is 7.02. The molecule has 0 unspecified atom stereocenters. The predicted molar refractivity (Wildman–Crippen MR) is 82.5 cm³/mol. The Morgan fingerprint density at radius 1 is 1.19 bits per heavy atom. The van der Waals surface area contributed by atoms with E-state index in [1.54, 1.807) is 0 Å². The van der Waals surface area contributed by atoms with Crippen LogP contribution in [0.25, 0.3) is 0 Å². The Hall–Kier alpha value is -1.43. The van der Waals surface area contributed by atoms with Gasteiger partial charge in [0.15, 0.2) is 0 Å². The minimum absolute atomic E-state index is 0.0106. The van der Waals surface area contributed by atoms with Crippen LogP contribution in [0.2, 0.25) is 0 Å². The summed E-state index contributed by atoms with van der Waals surface area (Å²) in [5.74, 6) is 0.221. The van der Waals surface area contributed by atoms with E-state index in [9.17, 15) is 4.79 Å². The molecule has 0 spiro atoms. The van der Waals surface area contributed by atoms with E-state index in [2.05, 4.69) is 27.8 Å². The second-order valence-corrected chi connectivity index (χ2v) is 5.73. The molecule has 3 rings (SSSR count). The largest absolute Gasteiger partial charge is 0.314 e. The van der Waals surface area contributed by atoms with E-state index in [4.69, 9.17) is 0 Å². The highest BCUT2D eigenvalue weighted by Crippen LogP contribution is 2.15. The van der Waals surface area contributed by atoms with Gasteiger partial charge in [0.25, 0.3) is 5.91 Å². The fraction of sp³-hybridized carbons (Fsp3) is 0.562. The van der Waals surface area contributed by atoms with Gasteiger partial charge in [-0.2, -0.15) is 0 Å². The van der Waals surface area contributed by atoms with Crippen molar-refractivity contribution in [2.75, 3.05) is 32.7 Å². The third-order valence-corrected chi connectivity index (χ3v) is 4.22. The Labute approximate surface area is 126 Å². The lowest BCUT2D eigenvalue weighted by atomic mass is 10.2. The molecule has 0 bridgehead atoms. The fourth-order valence-corrected chi connectivity index (χ4v) is 3.04. The molecule has 1 aromatic carbocycles. The van der Waals surface area contributed by atoms with Crippen LogP contribution >= 0.6 is 0 Å². The van der Waals surface area contributed by atoms with Gasteiger partial charge in [-0.25, -0.2) is 5.01 Å². The van der Waals surface area contributed by atoms with Crippen molar-refractivity contribution >= 4 is 5.91 Å². The lowest BCUT2D eigenvalue weighted by Crippen LogP contribution is -2.57. The van der Waals surface area contributed by atoms with Crippen molar-refractivity contribution in [3.05, 3.63) is 35.9 Å². The molecule has 2 aliphatic heterocycles. The summed E-state index contributed by atoms with van der Waals surface area (Å²) in [5.41, 5.74) is 1.18. The maximum absolute atomic E-state index is 12.9. The van der Waals surface area contributed by atoms with Crippen LogP contribution in [0.5, 0.6) is 0 Å². The van der Waals surface area contributed by atoms with E-state index in [1.165, 1.54) is 5.56 Å². The number of nitrogens with zero attached hydrogens (tertiary/aromatic N) is 2. The van der Waals surface area contributed by atoms with Gasteiger partial charge in [0, 0.05) is 26.2 Å². The van der Waals surface area contributed by atoms with Crippen molar-refractivity contribution < 1.29 is 4.79 Å². The molecule has 2 heterocycles. The number of hydrazine groups is 1. The van der Waals surface area contributed by atoms with Crippen LogP contribution in [0.1, 0.15) is 18.4 Å². The topological polar surface area (TPSA) is 47.6 Å². The molecule has 0 radical (unpaired) electrons. The molecule has 2 N–H and O–H groups in total. The first kappa shape index (κ1) is 14.5. The Morgan fingerprint density at radius 2 is 1.95 bits per heavy atom. The smallest absolute Gasteiger partial charge is 0.254 e. The second-order valence-electron chi connectivity index (χ2n) is 5.73. The summed E-state index contributed by atoms with van der Waals surface area (Å²) >= 11 is 0. The summed E-state index contributed by atoms with van der Waals surface area (Å²) in [6.45, 7) is 5.29. The van der Waals surface area contributed by atoms with Crippen molar-refractivity contribution in [3.63, 3.8) is 0 Å². The first-order chi connectivity index (χ1) is 10.3. The molecule has 2 fully saturated rings. The zero-order valence-electron chi connectivity index (χ0n) is 12.4. The first-order valence-electron chi connectivity index (χ1n) is 7.89. The normalized spacial score (nSPS) is 23.1. The highest BCUT2D eigenvalue weighted by atomic mass is 16.2. The van der Waals surface area contributed by atoms with E-state index < -0.39 is 0 Å². The van der Waals surface area contributed by atoms with Gasteiger partial charge in [-0.15, -0.1) is 0 Å². The standard InChI is InChI=1S/C16H24N4O/c21-16(15-7-4-8-18-15)20(19-11-9-17-10-12-19)13-14-5-2-1-3-6-14/h1-3,5-6,15,17-18H,4,7-13H2/t15-/m0/s1. The molecule has 114 valence electrons. The molecule has 2 saturated heterocycles. The summed E-state index contributed by atoms with van der Waals surface area (Å²) in [7, 11) is 0. The van der Waals surface area contributed by atoms with Gasteiger partial charge >= 0.3 is 0 Å². The Kier molecular flexibility index (Phi) is 4.85. The van der Waals surface area contributed by atoms with E-state index in [0.29, 0.717) is 6.54 Å². The lowest BCUT2D eigenvalue weighted by Gasteiger charge is -2.39. The average molecular weight is 288 g/mol. The number of amides is 1. The maximum Gasteiger partial charge on any atom is 0.254 e. The Balaban J connectivity index is 1.74. The van der Waals surface area contributed by atoms with Crippen LogP contribution in [0.3, 0.4) is 0 Å². The maximum atomic E-state index is 12.9. The quantitative estimate of drug-likeness (QED) is 0.851. The van der Waals surface area contributed by atoms with Gasteiger partial charge in [-0.05, 0) is 24.9 Å². The molecule has 0 aliphatic carbocycles. The molecule has 5 heteroatoms. The number of rotatable bonds is 4. The summed E-state index contributed by atoms with van der Waals surface area (Å²) < 4.78 is 0. The fourth-order valence-electron chi connectivity index (χ4n) is 3.04. The van der Waals surface area contributed by atoms with Gasteiger partial charge in [0.05, 0.1) is 12.6 Å². The number of benzene rings is 1. The number of piperazine rings is 1. The van der Waals surface area contributed by atoms with Crippen LogP contribution in [-0.4, -0.2) is 54.7 Å². The minimum atomic E-state index is -0.0106. The lowest BCUT2D eigenvalue weighted by molar-refractivity contribution is -0.154. The van der Waals surface area contributed by atoms with E-state index in [1.807, 2.05) is 23.2 Å². The van der Waals surface area contributed by atoms with Crippen molar-refractivity contribution in [2.45, 2.75) is 25.4 Å². The van der Waals surface area contributed by atoms with Crippen LogP contribution in [-0.2, 0) is 11.3 Å². The predicted octanol–water partition coefficient (Wildman–Crippen LogP) is 0.587. The van der Waals surface area contributed by atoms with Crippen molar-refractivity contribution in [3.8, 4) is 0 Å². The van der Waals surface area contributed by atoms with Gasteiger partial charge in [-0.3, -0.25) is 9.80 Å². The molecule has 1 atom stereocenters. The number of carbonyl (C=O) groups excluding carboxylic acids is 1. The molecular formula is C16H24N4O. The van der Waals surface area contributed by atoms with Crippen LogP contribution in [0, 0.1) is 0 Å². The molecule has 0 saturated carbocycles. The minimum Gasteiger partial charge on any atom is -0.314 e. The third kappa shape index (κ3) is 3.61. The van der Waals surface area contributed by atoms with Gasteiger partial charge in [0.1, 0.15) is 0 Å². The molecule has 5 nitrogen and oxygen atoms in total. The molecule has 1 aromatic rings. The third-order valence-electron chi connectivity index (χ3n) is 4.22. The van der Waals surface area contributed by atoms with E-state index >= 15 is 0 Å². The van der Waals surface area contributed by atoms with E-state index in [-0.39, 0.29) is 11.9 Å². The summed E-state index contributed by atoms with van der Waals surface area (Å²) in [6.07, 6.45) is 2.05. The highest BCUT2D eigenvalue weighted by molar-refractivity contribution is 5.81. The zero-order valence-corrected chi connectivity index (χ0v) is 12.4. The molecule has 21 heavy (non-hydrogen) atoms. The number of hydrogen-bond acceptors (Lipinski definition) is 4.